The van der Waals surface area contributed by atoms with Crippen molar-refractivity contribution in [2.45, 2.75) is 44.8 Å². The van der Waals surface area contributed by atoms with Crippen LogP contribution in [0.15, 0.2) is 47.6 Å². The first kappa shape index (κ1) is 25.1. The molecule has 35 heavy (non-hydrogen) atoms. The Bertz CT molecular complexity index is 1300. The monoisotopic (exact) mass is 490 g/mol. The van der Waals surface area contributed by atoms with Crippen LogP contribution in [0.1, 0.15) is 36.0 Å². The fourth-order valence-electron chi connectivity index (χ4n) is 4.01. The van der Waals surface area contributed by atoms with Crippen molar-refractivity contribution in [2.24, 2.45) is 0 Å². The fourth-order valence-corrected chi connectivity index (χ4v) is 4.79. The average molecular weight is 491 g/mol. The van der Waals surface area contributed by atoms with E-state index in [1.165, 1.54) is 16.7 Å². The lowest BCUT2D eigenvalue weighted by Crippen LogP contribution is -2.31. The van der Waals surface area contributed by atoms with Gasteiger partial charge in [-0.2, -0.15) is 0 Å². The normalized spacial score (nSPS) is 11.6. The number of rotatable bonds is 11. The molecule has 2 heterocycles. The van der Waals surface area contributed by atoms with Gasteiger partial charge in [0.25, 0.3) is 0 Å². The van der Waals surface area contributed by atoms with Gasteiger partial charge in [-0.25, -0.2) is 4.98 Å². The van der Waals surface area contributed by atoms with E-state index in [2.05, 4.69) is 81.3 Å². The molecule has 7 nitrogen and oxygen atoms in total. The highest BCUT2D eigenvalue weighted by atomic mass is 32.2. The Morgan fingerprint density at radius 1 is 1.03 bits per heavy atom. The highest BCUT2D eigenvalue weighted by Gasteiger charge is 2.16. The molecule has 0 atom stereocenters. The summed E-state index contributed by atoms with van der Waals surface area (Å²) in [6.07, 6.45) is 2.33. The van der Waals surface area contributed by atoms with E-state index < -0.39 is 0 Å². The molecule has 184 valence electrons. The zero-order chi connectivity index (χ0) is 24.8. The van der Waals surface area contributed by atoms with Gasteiger partial charge in [0.2, 0.25) is 11.1 Å². The predicted octanol–water partition coefficient (Wildman–Crippen LogP) is 4.58. The van der Waals surface area contributed by atoms with Crippen molar-refractivity contribution >= 4 is 39.7 Å². The molecule has 2 aromatic heterocycles. The van der Waals surface area contributed by atoms with Crippen LogP contribution in [0, 0.1) is 13.8 Å². The van der Waals surface area contributed by atoms with Crippen LogP contribution in [-0.4, -0.2) is 63.5 Å². The molecule has 4 rings (SSSR count). The van der Waals surface area contributed by atoms with Crippen LogP contribution in [0.25, 0.3) is 22.1 Å². The van der Waals surface area contributed by atoms with E-state index in [4.69, 9.17) is 4.98 Å². The number of carbonyl (C=O) groups excluding carboxylic acids is 1. The maximum atomic E-state index is 11.9. The van der Waals surface area contributed by atoms with Gasteiger partial charge in [0.1, 0.15) is 5.52 Å². The van der Waals surface area contributed by atoms with E-state index in [0.29, 0.717) is 18.1 Å². The van der Waals surface area contributed by atoms with Gasteiger partial charge in [-0.3, -0.25) is 4.79 Å². The Kier molecular flexibility index (Phi) is 8.36. The van der Waals surface area contributed by atoms with Crippen molar-refractivity contribution < 1.29 is 4.79 Å². The SMILES string of the molecule is Cc1ccc(Cn2c3ccc(C)cc3c3nnc(SCCCCC(=O)NCCN(C)C)nc32)cc1. The summed E-state index contributed by atoms with van der Waals surface area (Å²) in [4.78, 5) is 18.9. The topological polar surface area (TPSA) is 75.9 Å². The lowest BCUT2D eigenvalue weighted by atomic mass is 10.1. The Labute approximate surface area is 211 Å². The number of hydrogen-bond donors (Lipinski definition) is 1. The summed E-state index contributed by atoms with van der Waals surface area (Å²) >= 11 is 1.60. The summed E-state index contributed by atoms with van der Waals surface area (Å²) < 4.78 is 2.24. The first-order valence-electron chi connectivity index (χ1n) is 12.1. The number of likely N-dealkylation sites (N-methyl/N-ethyl adjacent to an activating group) is 1. The van der Waals surface area contributed by atoms with Crippen LogP contribution in [0.4, 0.5) is 0 Å². The zero-order valence-corrected chi connectivity index (χ0v) is 21.9. The number of hydrogen-bond acceptors (Lipinski definition) is 6. The highest BCUT2D eigenvalue weighted by molar-refractivity contribution is 7.99. The van der Waals surface area contributed by atoms with Gasteiger partial charge in [0.05, 0.1) is 5.52 Å². The van der Waals surface area contributed by atoms with E-state index in [9.17, 15) is 4.79 Å². The molecule has 0 aliphatic heterocycles. The second-order valence-corrected chi connectivity index (χ2v) is 10.4. The van der Waals surface area contributed by atoms with Crippen molar-refractivity contribution in [3.8, 4) is 0 Å². The summed E-state index contributed by atoms with van der Waals surface area (Å²) in [5.74, 6) is 0.974. The fraction of sp³-hybridized carbons (Fsp3) is 0.407. The van der Waals surface area contributed by atoms with Gasteiger partial charge in [0, 0.05) is 37.2 Å². The number of benzene rings is 2. The molecule has 4 aromatic rings. The second-order valence-electron chi connectivity index (χ2n) is 9.32. The van der Waals surface area contributed by atoms with E-state index >= 15 is 0 Å². The Balaban J connectivity index is 1.44. The van der Waals surface area contributed by atoms with Gasteiger partial charge in [-0.1, -0.05) is 53.2 Å². The predicted molar refractivity (Wildman–Crippen MR) is 144 cm³/mol. The average Bonchev–Trinajstić information content (AvgIpc) is 3.12. The smallest absolute Gasteiger partial charge is 0.220 e. The molecule has 8 heteroatoms. The molecule has 0 saturated heterocycles. The Hall–Kier alpha value is -2.97. The first-order chi connectivity index (χ1) is 16.9. The second kappa shape index (κ2) is 11.6. The molecule has 0 radical (unpaired) electrons. The number of thioether (sulfide) groups is 1. The van der Waals surface area contributed by atoms with Gasteiger partial charge < -0.3 is 14.8 Å². The number of carbonyl (C=O) groups is 1. The van der Waals surface area contributed by atoms with Crippen molar-refractivity contribution in [3.05, 3.63) is 59.2 Å². The molecule has 0 aliphatic carbocycles. The summed E-state index contributed by atoms with van der Waals surface area (Å²) in [5.41, 5.74) is 6.50. The number of amides is 1. The maximum Gasteiger partial charge on any atom is 0.220 e. The summed E-state index contributed by atoms with van der Waals surface area (Å²) in [6.45, 7) is 6.47. The minimum atomic E-state index is 0.118. The summed E-state index contributed by atoms with van der Waals surface area (Å²) in [6, 6.07) is 15.1. The highest BCUT2D eigenvalue weighted by Crippen LogP contribution is 2.29. The number of aromatic nitrogens is 4. The number of aryl methyl sites for hydroxylation is 2. The van der Waals surface area contributed by atoms with E-state index in [1.54, 1.807) is 11.8 Å². The van der Waals surface area contributed by atoms with Crippen molar-refractivity contribution in [2.75, 3.05) is 32.9 Å². The lowest BCUT2D eigenvalue weighted by molar-refractivity contribution is -0.121. The Morgan fingerprint density at radius 2 is 1.80 bits per heavy atom. The van der Waals surface area contributed by atoms with E-state index in [1.807, 2.05) is 14.1 Å². The van der Waals surface area contributed by atoms with Crippen LogP contribution in [0.2, 0.25) is 0 Å². The molecule has 0 bridgehead atoms. The van der Waals surface area contributed by atoms with Gasteiger partial charge in [-0.15, -0.1) is 10.2 Å². The van der Waals surface area contributed by atoms with Crippen LogP contribution >= 0.6 is 11.8 Å². The number of nitrogens with one attached hydrogen (secondary N) is 1. The molecule has 1 N–H and O–H groups in total. The largest absolute Gasteiger partial charge is 0.355 e. The number of fused-ring (bicyclic) bond motifs is 3. The third-order valence-corrected chi connectivity index (χ3v) is 6.90. The molecule has 0 fully saturated rings. The van der Waals surface area contributed by atoms with E-state index in [0.717, 1.165) is 53.8 Å². The zero-order valence-electron chi connectivity index (χ0n) is 21.0. The molecule has 1 amide bonds. The van der Waals surface area contributed by atoms with Crippen LogP contribution in [0.5, 0.6) is 0 Å². The standard InChI is InChI=1S/C27H34N6OS/c1-19-8-11-21(12-9-19)18-33-23-13-10-20(2)17-22(23)25-26(33)29-27(31-30-25)35-16-6-5-7-24(34)28-14-15-32(3)4/h8-13,17H,5-7,14-16,18H2,1-4H3,(H,28,34). The van der Waals surface area contributed by atoms with Gasteiger partial charge in [0.15, 0.2) is 5.65 Å². The van der Waals surface area contributed by atoms with Crippen molar-refractivity contribution in [3.63, 3.8) is 0 Å². The first-order valence-corrected chi connectivity index (χ1v) is 13.1. The van der Waals surface area contributed by atoms with Crippen LogP contribution in [-0.2, 0) is 11.3 Å². The molecule has 0 aliphatic rings. The van der Waals surface area contributed by atoms with Crippen molar-refractivity contribution in [1.82, 2.24) is 30.0 Å². The quantitative estimate of drug-likeness (QED) is 0.245. The molecule has 0 unspecified atom stereocenters. The van der Waals surface area contributed by atoms with Crippen molar-refractivity contribution in [1.29, 1.82) is 0 Å². The maximum absolute atomic E-state index is 11.9. The molecular formula is C27H34N6OS. The Morgan fingerprint density at radius 3 is 2.57 bits per heavy atom. The third-order valence-electron chi connectivity index (χ3n) is 5.97. The van der Waals surface area contributed by atoms with E-state index in [-0.39, 0.29) is 5.91 Å². The summed E-state index contributed by atoms with van der Waals surface area (Å²) in [5, 5.41) is 13.7. The van der Waals surface area contributed by atoms with Gasteiger partial charge >= 0.3 is 0 Å². The number of nitrogens with zero attached hydrogens (tertiary/aromatic N) is 5. The molecule has 0 spiro atoms. The summed E-state index contributed by atoms with van der Waals surface area (Å²) in [7, 11) is 4.00. The van der Waals surface area contributed by atoms with Gasteiger partial charge in [-0.05, 0) is 58.5 Å². The third kappa shape index (κ3) is 6.58. The number of unbranched alkanes of at least 4 members (excludes halogenated alkanes) is 1. The van der Waals surface area contributed by atoms with Crippen LogP contribution < -0.4 is 5.32 Å². The molecule has 2 aromatic carbocycles. The van der Waals surface area contributed by atoms with Crippen LogP contribution in [0.3, 0.4) is 0 Å². The minimum Gasteiger partial charge on any atom is -0.355 e. The molecule has 0 saturated carbocycles. The molecular weight excluding hydrogens is 456 g/mol. The lowest BCUT2D eigenvalue weighted by Gasteiger charge is -2.10. The minimum absolute atomic E-state index is 0.118.